The molecular formula is C79H114N5O2S2Y15-3. The van der Waals surface area contributed by atoms with Crippen molar-refractivity contribution in [1.29, 1.82) is 0 Å². The first-order chi connectivity index (χ1) is 40.4. The van der Waals surface area contributed by atoms with E-state index in [1.807, 2.05) is 120 Å². The minimum Gasteiger partial charge on any atom is -0.466 e. The van der Waals surface area contributed by atoms with E-state index in [1.54, 1.807) is 0 Å². The molecule has 0 N–H and O–H groups in total. The average Bonchev–Trinajstić information content (AvgIpc) is 1.84. The fourth-order valence-corrected chi connectivity index (χ4v) is 10.9. The van der Waals surface area contributed by atoms with Crippen LogP contribution in [0.1, 0.15) is 211 Å². The molecule has 0 fully saturated rings. The molecule has 15 radical (unpaired) electrons. The number of rotatable bonds is 0. The molecule has 9 rings (SSSR count). The van der Waals surface area contributed by atoms with E-state index in [4.69, 9.17) is 8.83 Å². The molecule has 0 bridgehead atoms. The summed E-state index contributed by atoms with van der Waals surface area (Å²) in [6, 6.07) is 6.59. The van der Waals surface area contributed by atoms with Gasteiger partial charge in [-0.25, -0.2) is 0 Å². The standard InChI is InChI=1S/C11H15.C10H15N.2C9H12N.C8H12N2.2C8H12O.2C8H12S.15Y/c1-7-6-8(2)10(4)11(5)9(7)3;1-6-7(2)9(4)11-10(5)8(6)3;1-6-5-10-9(4)8(3)7(6)2;1-6-5-7(2)9(4)10-8(6)3;1-5-6(2)10-8(4)7(3)9-5;4*1-5-6(2)8(4)9-7(5)3;;;;;;;;;;;;;;;/h2*1-5H3;3*1-4H3;4*1-4H3;;;;;;;;;;;;;;;/q-1;;2*-1;;;;;;;;;;;;;;;;;;;;. The van der Waals surface area contributed by atoms with Gasteiger partial charge in [0.25, 0.3) is 0 Å². The van der Waals surface area contributed by atoms with Gasteiger partial charge in [0.1, 0.15) is 23.0 Å². The number of hydrogen-bond donors (Lipinski definition) is 0. The molecule has 0 aliphatic carbocycles. The maximum atomic E-state index is 5.34. The summed E-state index contributed by atoms with van der Waals surface area (Å²) in [4.78, 5) is 27.4. The maximum absolute atomic E-state index is 5.34. The van der Waals surface area contributed by atoms with Crippen LogP contribution >= 0.6 is 22.7 Å². The van der Waals surface area contributed by atoms with Gasteiger partial charge >= 0.3 is 0 Å². The molecule has 103 heavy (non-hydrogen) atoms. The quantitative estimate of drug-likeness (QED) is 0.140. The zero-order chi connectivity index (χ0) is 68.4. The third-order valence-electron chi connectivity index (χ3n) is 18.4. The first kappa shape index (κ1) is 148. The van der Waals surface area contributed by atoms with Crippen molar-refractivity contribution < 1.29 is 499 Å². The van der Waals surface area contributed by atoms with Crippen LogP contribution in [0.15, 0.2) is 8.83 Å². The number of pyridine rings is 3. The Bertz CT molecular complexity index is 3250. The third-order valence-corrected chi connectivity index (χ3v) is 20.9. The molecule has 0 saturated heterocycles. The molecule has 0 aliphatic heterocycles. The Morgan fingerprint density at radius 1 is 0.184 bits per heavy atom. The van der Waals surface area contributed by atoms with E-state index in [1.165, 1.54) is 120 Å². The smallest absolute Gasteiger partial charge is 0.104 e. The summed E-state index contributed by atoms with van der Waals surface area (Å²) < 4.78 is 10.7. The molecule has 1 aromatic carbocycles. The fourth-order valence-electron chi connectivity index (χ4n) is 8.80. The Balaban J connectivity index is -0.0000000639. The Kier molecular flexibility index (Phi) is 107. The van der Waals surface area contributed by atoms with Crippen molar-refractivity contribution in [2.45, 2.75) is 263 Å². The number of thiophene rings is 2. The number of hydrogen-bond acceptors (Lipinski definition) is 9. The Morgan fingerprint density at radius 3 is 0.573 bits per heavy atom. The van der Waals surface area contributed by atoms with Gasteiger partial charge in [0.05, 0.1) is 22.8 Å². The van der Waals surface area contributed by atoms with Gasteiger partial charge in [0.15, 0.2) is 0 Å². The Morgan fingerprint density at radius 2 is 0.379 bits per heavy atom. The van der Waals surface area contributed by atoms with Gasteiger partial charge in [0.2, 0.25) is 0 Å². The van der Waals surface area contributed by atoms with Crippen LogP contribution in [0, 0.1) is 281 Å². The topological polar surface area (TPSA) is 90.7 Å². The zero-order valence-corrected chi connectivity index (χ0v) is 115. The predicted octanol–water partition coefficient (Wildman–Crippen LogP) is 22.5. The Labute approximate surface area is 1020 Å². The zero-order valence-electron chi connectivity index (χ0n) is 71.0. The number of aromatic nitrogens is 5. The number of aryl methyl sites for hydroxylation is 22. The summed E-state index contributed by atoms with van der Waals surface area (Å²) in [5, 5.41) is 0. The van der Waals surface area contributed by atoms with E-state index >= 15 is 0 Å². The van der Waals surface area contributed by atoms with Crippen LogP contribution in [0.4, 0.5) is 0 Å². The van der Waals surface area contributed by atoms with E-state index in [9.17, 15) is 0 Å². The van der Waals surface area contributed by atoms with E-state index in [2.05, 4.69) is 209 Å². The molecule has 0 saturated carbocycles. The van der Waals surface area contributed by atoms with Crippen molar-refractivity contribution in [2.75, 3.05) is 0 Å². The van der Waals surface area contributed by atoms with Crippen LogP contribution in [0.2, 0.25) is 0 Å². The molecule has 0 unspecified atom stereocenters. The van der Waals surface area contributed by atoms with Crippen LogP contribution in [0.25, 0.3) is 0 Å². The van der Waals surface area contributed by atoms with Crippen molar-refractivity contribution in [3.63, 3.8) is 0 Å². The summed E-state index contributed by atoms with van der Waals surface area (Å²) >= 11 is 3.79. The van der Waals surface area contributed by atoms with Gasteiger partial charge in [-0.05, 0) is 234 Å². The predicted molar refractivity (Wildman–Crippen MR) is 384 cm³/mol. The SMILES string of the molecule is Cc1[c-]c(C)c(C)c(C)c1C.Cc1[c-]c(C)c(C)nc1C.Cc1[c-]nc(C)c(C)c1C.Cc1nc(C)c(C)c(C)c1C.Cc1nc(C)c(C)nc1C.Cc1oc(C)c(C)c1C.Cc1oc(C)c(C)c1C.Cc1sc(C)c(C)c1C.Cc1sc(C)c(C)c1C.[Y].[Y].[Y].[Y].[Y].[Y].[Y].[Y].[Y].[Y].[Y].[Y].[Y].[Y].[Y]. The van der Waals surface area contributed by atoms with Gasteiger partial charge in [-0.15, -0.1) is 44.9 Å². The molecule has 0 spiro atoms. The second-order valence-corrected chi connectivity index (χ2v) is 27.0. The summed E-state index contributed by atoms with van der Waals surface area (Å²) in [5.41, 5.74) is 37.6. The van der Waals surface area contributed by atoms with Crippen LogP contribution in [-0.2, 0) is 491 Å². The van der Waals surface area contributed by atoms with Crippen molar-refractivity contribution in [1.82, 2.24) is 24.9 Å². The average molecular weight is 2560 g/mol. The monoisotopic (exact) mass is 2560 g/mol. The van der Waals surface area contributed by atoms with Crippen LogP contribution < -0.4 is 0 Å². The second-order valence-electron chi connectivity index (χ2n) is 24.2. The molecule has 527 valence electrons. The largest absolute Gasteiger partial charge is 0.466 e. The van der Waals surface area contributed by atoms with Gasteiger partial charge in [-0.2, -0.15) is 45.5 Å². The van der Waals surface area contributed by atoms with Crippen LogP contribution in [0.5, 0.6) is 0 Å². The molecular weight excluding hydrogens is 2450 g/mol. The number of furan rings is 2. The third kappa shape index (κ3) is 51.2. The first-order valence-electron chi connectivity index (χ1n) is 30.9. The van der Waals surface area contributed by atoms with Crippen molar-refractivity contribution in [3.05, 3.63) is 229 Å². The van der Waals surface area contributed by atoms with Crippen LogP contribution in [-0.4, -0.2) is 24.9 Å². The van der Waals surface area contributed by atoms with E-state index in [0.717, 1.165) is 91.0 Å². The molecule has 8 heterocycles. The van der Waals surface area contributed by atoms with Gasteiger partial charge in [-0.3, -0.25) is 15.0 Å². The van der Waals surface area contributed by atoms with Crippen molar-refractivity contribution >= 4 is 22.7 Å². The molecule has 9 aromatic rings. The maximum Gasteiger partial charge on any atom is 0.104 e. The normalized spacial score (nSPS) is 8.68. The van der Waals surface area contributed by atoms with Gasteiger partial charge in [0, 0.05) is 522 Å². The number of nitrogens with zero attached hydrogens (tertiary/aromatic N) is 5. The van der Waals surface area contributed by atoms with Crippen molar-refractivity contribution in [2.24, 2.45) is 0 Å². The fraction of sp³-hybridized carbons (Fsp3) is 0.481. The molecule has 0 amide bonds. The van der Waals surface area contributed by atoms with Crippen molar-refractivity contribution in [3.8, 4) is 0 Å². The minimum atomic E-state index is 0. The van der Waals surface area contributed by atoms with Crippen LogP contribution in [0.3, 0.4) is 0 Å². The molecule has 0 aliphatic rings. The summed E-state index contributed by atoms with van der Waals surface area (Å²) in [6.07, 6.45) is 2.96. The minimum absolute atomic E-state index is 0. The summed E-state index contributed by atoms with van der Waals surface area (Å²) in [7, 11) is 0. The van der Waals surface area contributed by atoms with E-state index < -0.39 is 0 Å². The second kappa shape index (κ2) is 74.9. The number of benzene rings is 1. The van der Waals surface area contributed by atoms with Gasteiger partial charge in [-0.1, -0.05) is 113 Å². The molecule has 0 atom stereocenters. The van der Waals surface area contributed by atoms with E-state index in [0.29, 0.717) is 0 Å². The molecule has 7 nitrogen and oxygen atoms in total. The molecule has 24 heteroatoms. The molecule has 8 aromatic heterocycles. The van der Waals surface area contributed by atoms with E-state index in [-0.39, 0.29) is 491 Å². The van der Waals surface area contributed by atoms with Gasteiger partial charge < -0.3 is 18.8 Å². The Hall–Kier alpha value is 10.3. The summed E-state index contributed by atoms with van der Waals surface area (Å²) in [5.74, 6) is 4.19. The summed E-state index contributed by atoms with van der Waals surface area (Å²) in [6.45, 7) is 79.4. The first-order valence-corrected chi connectivity index (χ1v) is 32.5.